The molecule has 0 saturated heterocycles. The van der Waals surface area contributed by atoms with E-state index in [4.69, 9.17) is 11.6 Å². The molecule has 0 heterocycles. The summed E-state index contributed by atoms with van der Waals surface area (Å²) in [6, 6.07) is 6.18. The Hall–Kier alpha value is -0.730. The summed E-state index contributed by atoms with van der Waals surface area (Å²) in [5.41, 5.74) is 2.03. The van der Waals surface area contributed by atoms with Crippen LogP contribution in [-0.2, 0) is 6.61 Å². The van der Waals surface area contributed by atoms with Gasteiger partial charge in [0.25, 0.3) is 0 Å². The van der Waals surface area contributed by atoms with Crippen LogP contribution in [0.25, 0.3) is 0 Å². The number of benzene rings is 1. The van der Waals surface area contributed by atoms with Crippen LogP contribution in [0.1, 0.15) is 45.6 Å². The highest BCUT2D eigenvalue weighted by Gasteiger charge is 2.16. The zero-order chi connectivity index (χ0) is 13.5. The first kappa shape index (κ1) is 15.3. The van der Waals surface area contributed by atoms with Gasteiger partial charge in [0.1, 0.15) is 0 Å². The first-order valence-electron chi connectivity index (χ1n) is 6.79. The second-order valence-corrected chi connectivity index (χ2v) is 5.17. The van der Waals surface area contributed by atoms with Crippen molar-refractivity contribution >= 4 is 17.3 Å². The molecule has 0 saturated carbocycles. The summed E-state index contributed by atoms with van der Waals surface area (Å²) in [4.78, 5) is 2.36. The van der Waals surface area contributed by atoms with Crippen LogP contribution in [0.3, 0.4) is 0 Å². The van der Waals surface area contributed by atoms with E-state index in [2.05, 4.69) is 25.7 Å². The molecule has 1 N–H and O–H groups in total. The van der Waals surface area contributed by atoms with Gasteiger partial charge in [-0.3, -0.25) is 0 Å². The third-order valence-corrected chi connectivity index (χ3v) is 3.64. The van der Waals surface area contributed by atoms with Gasteiger partial charge < -0.3 is 10.0 Å². The van der Waals surface area contributed by atoms with Crippen molar-refractivity contribution in [2.45, 2.75) is 52.7 Å². The summed E-state index contributed by atoms with van der Waals surface area (Å²) in [5.74, 6) is 0. The SMILES string of the molecule is CCCCN(c1cc(Cl)ccc1CO)C(C)CC. The van der Waals surface area contributed by atoms with E-state index in [-0.39, 0.29) is 6.61 Å². The van der Waals surface area contributed by atoms with Crippen molar-refractivity contribution in [3.05, 3.63) is 28.8 Å². The van der Waals surface area contributed by atoms with Crippen LogP contribution in [-0.4, -0.2) is 17.7 Å². The molecular formula is C15H24ClNO. The maximum absolute atomic E-state index is 9.47. The first-order valence-corrected chi connectivity index (χ1v) is 7.17. The van der Waals surface area contributed by atoms with Crippen molar-refractivity contribution in [3.63, 3.8) is 0 Å². The molecule has 0 aliphatic rings. The van der Waals surface area contributed by atoms with Gasteiger partial charge in [0.05, 0.1) is 6.61 Å². The predicted octanol–water partition coefficient (Wildman–Crippen LogP) is 4.24. The molecule has 0 aliphatic heterocycles. The molecule has 0 fully saturated rings. The summed E-state index contributed by atoms with van der Waals surface area (Å²) in [6.07, 6.45) is 3.41. The van der Waals surface area contributed by atoms with Crippen LogP contribution in [0.5, 0.6) is 0 Å². The van der Waals surface area contributed by atoms with Crippen LogP contribution in [0, 0.1) is 0 Å². The number of rotatable bonds is 7. The molecule has 1 aromatic carbocycles. The van der Waals surface area contributed by atoms with Gasteiger partial charge >= 0.3 is 0 Å². The van der Waals surface area contributed by atoms with Gasteiger partial charge in [-0.15, -0.1) is 0 Å². The minimum Gasteiger partial charge on any atom is -0.392 e. The molecule has 1 rings (SSSR count). The van der Waals surface area contributed by atoms with Crippen molar-refractivity contribution < 1.29 is 5.11 Å². The van der Waals surface area contributed by atoms with Crippen molar-refractivity contribution in [1.82, 2.24) is 0 Å². The number of anilines is 1. The third-order valence-electron chi connectivity index (χ3n) is 3.40. The molecule has 1 atom stereocenters. The zero-order valence-electron chi connectivity index (χ0n) is 11.6. The second kappa shape index (κ2) is 7.65. The van der Waals surface area contributed by atoms with Crippen LogP contribution < -0.4 is 4.90 Å². The smallest absolute Gasteiger partial charge is 0.0702 e. The number of unbranched alkanes of at least 4 members (excludes halogenated alkanes) is 1. The van der Waals surface area contributed by atoms with E-state index in [9.17, 15) is 5.11 Å². The Kier molecular flexibility index (Phi) is 6.51. The highest BCUT2D eigenvalue weighted by atomic mass is 35.5. The van der Waals surface area contributed by atoms with E-state index in [1.165, 1.54) is 6.42 Å². The average Bonchev–Trinajstić information content (AvgIpc) is 2.39. The van der Waals surface area contributed by atoms with Crippen LogP contribution >= 0.6 is 11.6 Å². The maximum atomic E-state index is 9.47. The van der Waals surface area contributed by atoms with Gasteiger partial charge in [0.2, 0.25) is 0 Å². The van der Waals surface area contributed by atoms with Crippen molar-refractivity contribution in [3.8, 4) is 0 Å². The quantitative estimate of drug-likeness (QED) is 0.800. The number of nitrogens with zero attached hydrogens (tertiary/aromatic N) is 1. The van der Waals surface area contributed by atoms with Crippen molar-refractivity contribution in [2.75, 3.05) is 11.4 Å². The van der Waals surface area contributed by atoms with Crippen LogP contribution in [0.4, 0.5) is 5.69 Å². The normalized spacial score (nSPS) is 12.5. The van der Waals surface area contributed by atoms with E-state index in [0.29, 0.717) is 6.04 Å². The summed E-state index contributed by atoms with van der Waals surface area (Å²) in [7, 11) is 0. The van der Waals surface area contributed by atoms with Gasteiger partial charge in [0.15, 0.2) is 0 Å². The van der Waals surface area contributed by atoms with Crippen LogP contribution in [0.15, 0.2) is 18.2 Å². The highest BCUT2D eigenvalue weighted by molar-refractivity contribution is 6.30. The molecular weight excluding hydrogens is 246 g/mol. The second-order valence-electron chi connectivity index (χ2n) is 4.74. The molecule has 18 heavy (non-hydrogen) atoms. The van der Waals surface area contributed by atoms with Gasteiger partial charge in [-0.05, 0) is 31.9 Å². The monoisotopic (exact) mass is 269 g/mol. The van der Waals surface area contributed by atoms with E-state index >= 15 is 0 Å². The number of halogens is 1. The number of aliphatic hydroxyl groups excluding tert-OH is 1. The van der Waals surface area contributed by atoms with Gasteiger partial charge in [-0.25, -0.2) is 0 Å². The van der Waals surface area contributed by atoms with Gasteiger partial charge in [0, 0.05) is 28.9 Å². The lowest BCUT2D eigenvalue weighted by Gasteiger charge is -2.32. The first-order chi connectivity index (χ1) is 8.63. The Morgan fingerprint density at radius 1 is 1.33 bits per heavy atom. The molecule has 0 amide bonds. The number of hydrogen-bond donors (Lipinski definition) is 1. The number of aliphatic hydroxyl groups is 1. The Balaban J connectivity index is 3.05. The lowest BCUT2D eigenvalue weighted by atomic mass is 10.1. The molecule has 0 radical (unpaired) electrons. The van der Waals surface area contributed by atoms with Crippen LogP contribution in [0.2, 0.25) is 5.02 Å². The Labute approximate surface area is 116 Å². The molecule has 102 valence electrons. The summed E-state index contributed by atoms with van der Waals surface area (Å²) in [5, 5.41) is 10.2. The molecule has 0 spiro atoms. The van der Waals surface area contributed by atoms with E-state index < -0.39 is 0 Å². The molecule has 1 aromatic rings. The highest BCUT2D eigenvalue weighted by Crippen LogP contribution is 2.27. The van der Waals surface area contributed by atoms with E-state index in [1.54, 1.807) is 0 Å². The summed E-state index contributed by atoms with van der Waals surface area (Å²) < 4.78 is 0. The fourth-order valence-electron chi connectivity index (χ4n) is 2.07. The van der Waals surface area contributed by atoms with E-state index in [1.807, 2.05) is 18.2 Å². The minimum atomic E-state index is 0.0611. The molecule has 0 aliphatic carbocycles. The largest absolute Gasteiger partial charge is 0.392 e. The lowest BCUT2D eigenvalue weighted by Crippen LogP contribution is -2.34. The fraction of sp³-hybridized carbons (Fsp3) is 0.600. The third kappa shape index (κ3) is 3.89. The lowest BCUT2D eigenvalue weighted by molar-refractivity contribution is 0.282. The maximum Gasteiger partial charge on any atom is 0.0702 e. The average molecular weight is 270 g/mol. The van der Waals surface area contributed by atoms with Gasteiger partial charge in [-0.1, -0.05) is 37.9 Å². The Bertz CT molecular complexity index is 368. The molecule has 1 unspecified atom stereocenters. The molecule has 0 bridgehead atoms. The standard InChI is InChI=1S/C15H24ClNO/c1-4-6-9-17(12(3)5-2)15-10-14(16)8-7-13(15)11-18/h7-8,10,12,18H,4-6,9,11H2,1-3H3. The van der Waals surface area contributed by atoms with Crippen molar-refractivity contribution in [2.24, 2.45) is 0 Å². The molecule has 2 nitrogen and oxygen atoms in total. The number of hydrogen-bond acceptors (Lipinski definition) is 2. The van der Waals surface area contributed by atoms with Crippen molar-refractivity contribution in [1.29, 1.82) is 0 Å². The Morgan fingerprint density at radius 2 is 2.06 bits per heavy atom. The fourth-order valence-corrected chi connectivity index (χ4v) is 2.23. The topological polar surface area (TPSA) is 23.5 Å². The minimum absolute atomic E-state index is 0.0611. The summed E-state index contributed by atoms with van der Waals surface area (Å²) in [6.45, 7) is 7.68. The summed E-state index contributed by atoms with van der Waals surface area (Å²) >= 11 is 6.09. The zero-order valence-corrected chi connectivity index (χ0v) is 12.4. The molecule has 3 heteroatoms. The molecule has 0 aromatic heterocycles. The Morgan fingerprint density at radius 3 is 2.61 bits per heavy atom. The van der Waals surface area contributed by atoms with E-state index in [0.717, 1.165) is 35.7 Å². The predicted molar refractivity (Wildman–Crippen MR) is 79.4 cm³/mol. The van der Waals surface area contributed by atoms with Gasteiger partial charge in [-0.2, -0.15) is 0 Å².